The van der Waals surface area contributed by atoms with Crippen molar-refractivity contribution in [2.75, 3.05) is 26.7 Å². The number of aromatic nitrogens is 4. The number of nitro groups is 1. The predicted octanol–water partition coefficient (Wildman–Crippen LogP) is 1.83. The molecule has 1 atom stereocenters. The van der Waals surface area contributed by atoms with Gasteiger partial charge in [0.2, 0.25) is 0 Å². The van der Waals surface area contributed by atoms with Crippen LogP contribution in [0.4, 0.5) is 5.69 Å². The number of benzene rings is 1. The maximum absolute atomic E-state index is 10.9. The Morgan fingerprint density at radius 2 is 2.22 bits per heavy atom. The van der Waals surface area contributed by atoms with Crippen LogP contribution in [0, 0.1) is 10.1 Å². The average molecular weight is 392 g/mol. The van der Waals surface area contributed by atoms with Gasteiger partial charge < -0.3 is 9.84 Å². The van der Waals surface area contributed by atoms with E-state index in [0.29, 0.717) is 23.1 Å². The second kappa shape index (κ2) is 7.82. The van der Waals surface area contributed by atoms with Gasteiger partial charge in [-0.15, -0.1) is 12.4 Å². The number of likely N-dealkylation sites (N-methyl/N-ethyl adjacent to an activating group) is 1. The first kappa shape index (κ1) is 19.0. The first-order valence-electron chi connectivity index (χ1n) is 8.17. The van der Waals surface area contributed by atoms with Crippen LogP contribution < -0.4 is 5.32 Å². The minimum absolute atomic E-state index is 0. The van der Waals surface area contributed by atoms with Gasteiger partial charge in [-0.25, -0.2) is 4.68 Å². The molecule has 0 amide bonds. The fourth-order valence-corrected chi connectivity index (χ4v) is 2.90. The molecule has 0 radical (unpaired) electrons. The predicted molar refractivity (Wildman–Crippen MR) is 99.0 cm³/mol. The summed E-state index contributed by atoms with van der Waals surface area (Å²) in [4.78, 5) is 17.1. The monoisotopic (exact) mass is 391 g/mol. The van der Waals surface area contributed by atoms with Crippen LogP contribution in [0.5, 0.6) is 0 Å². The van der Waals surface area contributed by atoms with E-state index >= 15 is 0 Å². The third-order valence-corrected chi connectivity index (χ3v) is 4.36. The Balaban J connectivity index is 0.00000210. The molecule has 1 unspecified atom stereocenters. The Labute approximate surface area is 160 Å². The Bertz CT molecular complexity index is 942. The van der Waals surface area contributed by atoms with E-state index in [1.807, 2.05) is 7.05 Å². The minimum atomic E-state index is -0.438. The number of nitro benzene ring substituents is 1. The van der Waals surface area contributed by atoms with E-state index in [0.717, 1.165) is 19.6 Å². The topological polar surface area (TPSA) is 115 Å². The number of hydrogen-bond donors (Lipinski definition) is 1. The van der Waals surface area contributed by atoms with E-state index in [1.165, 1.54) is 12.1 Å². The Hall–Kier alpha value is -2.82. The number of halogens is 1. The van der Waals surface area contributed by atoms with Crippen molar-refractivity contribution in [2.24, 2.45) is 0 Å². The zero-order valence-electron chi connectivity index (χ0n) is 14.5. The van der Waals surface area contributed by atoms with Crippen LogP contribution in [0.3, 0.4) is 0 Å². The molecular weight excluding hydrogens is 374 g/mol. The van der Waals surface area contributed by atoms with Crippen molar-refractivity contribution in [3.05, 3.63) is 52.5 Å². The second-order valence-corrected chi connectivity index (χ2v) is 6.08. The summed E-state index contributed by atoms with van der Waals surface area (Å²) in [5, 5.41) is 22.7. The Morgan fingerprint density at radius 1 is 1.37 bits per heavy atom. The first-order valence-corrected chi connectivity index (χ1v) is 8.17. The molecule has 1 fully saturated rings. The largest absolute Gasteiger partial charge is 0.332 e. The molecule has 0 bridgehead atoms. The standard InChI is InChI=1S/C16H17N7O3.ClH/c1-21-8-6-17-10-14(21)15-18-16(26-20-15)13-5-7-22(19-13)11-3-2-4-12(9-11)23(24)25;/h2-5,7,9,14,17H,6,8,10H2,1H3;1H. The van der Waals surface area contributed by atoms with Gasteiger partial charge >= 0.3 is 0 Å². The highest BCUT2D eigenvalue weighted by atomic mass is 35.5. The summed E-state index contributed by atoms with van der Waals surface area (Å²) in [6, 6.07) is 8.04. The lowest BCUT2D eigenvalue weighted by atomic mass is 10.2. The van der Waals surface area contributed by atoms with Crippen molar-refractivity contribution in [1.29, 1.82) is 0 Å². The highest BCUT2D eigenvalue weighted by Crippen LogP contribution is 2.23. The van der Waals surface area contributed by atoms with Crippen molar-refractivity contribution in [3.63, 3.8) is 0 Å². The van der Waals surface area contributed by atoms with Gasteiger partial charge in [-0.05, 0) is 19.2 Å². The third kappa shape index (κ3) is 3.82. The lowest BCUT2D eigenvalue weighted by Gasteiger charge is -2.30. The number of non-ortho nitro benzene ring substituents is 1. The summed E-state index contributed by atoms with van der Waals surface area (Å²) >= 11 is 0. The highest BCUT2D eigenvalue weighted by molar-refractivity contribution is 5.85. The summed E-state index contributed by atoms with van der Waals surface area (Å²) < 4.78 is 6.91. The van der Waals surface area contributed by atoms with Crippen LogP contribution in [0.2, 0.25) is 0 Å². The summed E-state index contributed by atoms with van der Waals surface area (Å²) in [6.07, 6.45) is 1.70. The summed E-state index contributed by atoms with van der Waals surface area (Å²) in [5.41, 5.74) is 1.11. The van der Waals surface area contributed by atoms with Crippen LogP contribution in [-0.4, -0.2) is 56.4 Å². The van der Waals surface area contributed by atoms with Crippen molar-refractivity contribution in [1.82, 2.24) is 30.1 Å². The van der Waals surface area contributed by atoms with Crippen LogP contribution in [-0.2, 0) is 0 Å². The van der Waals surface area contributed by atoms with E-state index in [2.05, 4.69) is 25.5 Å². The van der Waals surface area contributed by atoms with Gasteiger partial charge in [0.25, 0.3) is 11.6 Å². The van der Waals surface area contributed by atoms with Crippen LogP contribution in [0.25, 0.3) is 17.3 Å². The molecular formula is C16H18ClN7O3. The molecule has 0 spiro atoms. The summed E-state index contributed by atoms with van der Waals surface area (Å²) in [7, 11) is 2.03. The maximum Gasteiger partial charge on any atom is 0.278 e. The molecule has 1 aliphatic rings. The molecule has 4 rings (SSSR count). The molecule has 10 nitrogen and oxygen atoms in total. The van der Waals surface area contributed by atoms with Crippen molar-refractivity contribution < 1.29 is 9.45 Å². The maximum atomic E-state index is 10.9. The summed E-state index contributed by atoms with van der Waals surface area (Å²) in [6.45, 7) is 2.61. The number of nitrogens with one attached hydrogen (secondary N) is 1. The average Bonchev–Trinajstić information content (AvgIpc) is 3.32. The number of nitrogens with zero attached hydrogens (tertiary/aromatic N) is 6. The number of piperazine rings is 1. The number of rotatable bonds is 4. The van der Waals surface area contributed by atoms with Gasteiger partial charge in [0.1, 0.15) is 0 Å². The van der Waals surface area contributed by atoms with Crippen LogP contribution in [0.1, 0.15) is 11.9 Å². The Kier molecular flexibility index (Phi) is 5.49. The SMILES string of the molecule is CN1CCNCC1c1noc(-c2ccn(-c3cccc([N+](=O)[O-])c3)n2)n1.Cl. The molecule has 1 saturated heterocycles. The van der Waals surface area contributed by atoms with E-state index in [-0.39, 0.29) is 24.1 Å². The molecule has 0 aliphatic carbocycles. The zero-order chi connectivity index (χ0) is 18.1. The lowest BCUT2D eigenvalue weighted by molar-refractivity contribution is -0.384. The van der Waals surface area contributed by atoms with Gasteiger partial charge in [-0.3, -0.25) is 15.0 Å². The van der Waals surface area contributed by atoms with E-state index < -0.39 is 4.92 Å². The van der Waals surface area contributed by atoms with Crippen LogP contribution in [0.15, 0.2) is 41.1 Å². The molecule has 1 aromatic carbocycles. The number of hydrogen-bond acceptors (Lipinski definition) is 8. The van der Waals surface area contributed by atoms with Gasteiger partial charge in [0.15, 0.2) is 11.5 Å². The molecule has 2 aromatic heterocycles. The molecule has 11 heteroatoms. The van der Waals surface area contributed by atoms with E-state index in [1.54, 1.807) is 29.1 Å². The lowest BCUT2D eigenvalue weighted by Crippen LogP contribution is -2.44. The Morgan fingerprint density at radius 3 is 3.00 bits per heavy atom. The molecule has 27 heavy (non-hydrogen) atoms. The first-order chi connectivity index (χ1) is 12.6. The van der Waals surface area contributed by atoms with Gasteiger partial charge in [0, 0.05) is 38.0 Å². The molecule has 0 saturated carbocycles. The smallest absolute Gasteiger partial charge is 0.278 e. The van der Waals surface area contributed by atoms with Gasteiger partial charge in [0.05, 0.1) is 16.7 Å². The zero-order valence-corrected chi connectivity index (χ0v) is 15.3. The quantitative estimate of drug-likeness (QED) is 0.529. The van der Waals surface area contributed by atoms with Gasteiger partial charge in [-0.1, -0.05) is 11.2 Å². The van der Waals surface area contributed by atoms with E-state index in [9.17, 15) is 10.1 Å². The van der Waals surface area contributed by atoms with Gasteiger partial charge in [-0.2, -0.15) is 10.1 Å². The third-order valence-electron chi connectivity index (χ3n) is 4.36. The normalized spacial score (nSPS) is 17.4. The highest BCUT2D eigenvalue weighted by Gasteiger charge is 2.26. The fraction of sp³-hybridized carbons (Fsp3) is 0.312. The molecule has 142 valence electrons. The molecule has 3 aromatic rings. The van der Waals surface area contributed by atoms with Crippen molar-refractivity contribution in [2.45, 2.75) is 6.04 Å². The second-order valence-electron chi connectivity index (χ2n) is 6.08. The molecule has 1 aliphatic heterocycles. The summed E-state index contributed by atoms with van der Waals surface area (Å²) in [5.74, 6) is 0.933. The molecule has 1 N–H and O–H groups in total. The van der Waals surface area contributed by atoms with E-state index in [4.69, 9.17) is 4.52 Å². The van der Waals surface area contributed by atoms with Crippen molar-refractivity contribution >= 4 is 18.1 Å². The minimum Gasteiger partial charge on any atom is -0.332 e. The fourth-order valence-electron chi connectivity index (χ4n) is 2.90. The van der Waals surface area contributed by atoms with Crippen molar-refractivity contribution in [3.8, 4) is 17.3 Å². The van der Waals surface area contributed by atoms with Crippen LogP contribution >= 0.6 is 12.4 Å². The molecule has 3 heterocycles.